The van der Waals surface area contributed by atoms with Crippen molar-refractivity contribution in [3.05, 3.63) is 62.9 Å². The fourth-order valence-electron chi connectivity index (χ4n) is 3.27. The molecular formula is C20H27N5O2. The Hall–Kier alpha value is -2.85. The van der Waals surface area contributed by atoms with E-state index in [0.717, 1.165) is 29.5 Å². The minimum absolute atomic E-state index is 0.00671. The molecule has 1 atom stereocenters. The van der Waals surface area contributed by atoms with Gasteiger partial charge in [-0.2, -0.15) is 5.26 Å². The zero-order valence-corrected chi connectivity index (χ0v) is 16.0. The molecule has 2 N–H and O–H groups in total. The number of nitrogens with zero attached hydrogens (tertiary/aromatic N) is 4. The van der Waals surface area contributed by atoms with Crippen LogP contribution in [0, 0.1) is 11.3 Å². The summed E-state index contributed by atoms with van der Waals surface area (Å²) in [7, 11) is 1.46. The summed E-state index contributed by atoms with van der Waals surface area (Å²) >= 11 is 0. The molecule has 0 bridgehead atoms. The van der Waals surface area contributed by atoms with Crippen LogP contribution in [0.25, 0.3) is 0 Å². The highest BCUT2D eigenvalue weighted by atomic mass is 16.2. The Morgan fingerprint density at radius 1 is 1.48 bits per heavy atom. The fraction of sp³-hybridized carbons (Fsp3) is 0.450. The minimum atomic E-state index is -0.407. The van der Waals surface area contributed by atoms with Gasteiger partial charge in [0, 0.05) is 32.2 Å². The maximum atomic E-state index is 12.9. The first kappa shape index (κ1) is 20.5. The third kappa shape index (κ3) is 4.66. The van der Waals surface area contributed by atoms with Crippen molar-refractivity contribution in [1.82, 2.24) is 9.13 Å². The third-order valence-corrected chi connectivity index (χ3v) is 4.81. The van der Waals surface area contributed by atoms with Crippen LogP contribution in [0.4, 0.5) is 5.82 Å². The molecule has 0 aliphatic carbocycles. The van der Waals surface area contributed by atoms with Gasteiger partial charge in [0.25, 0.3) is 5.56 Å². The molecule has 0 radical (unpaired) electrons. The van der Waals surface area contributed by atoms with Crippen LogP contribution < -0.4 is 21.9 Å². The SMILES string of the molecule is C=C/C(C#N)=C(\C/C=C\C)Cn1c(N2CCCC(N)C2)cc(=O)n(C)c1=O. The number of allylic oxidation sites excluding steroid dienone is 5. The summed E-state index contributed by atoms with van der Waals surface area (Å²) in [5.74, 6) is 0.553. The molecule has 27 heavy (non-hydrogen) atoms. The highest BCUT2D eigenvalue weighted by Crippen LogP contribution is 2.20. The van der Waals surface area contributed by atoms with Crippen molar-refractivity contribution in [3.63, 3.8) is 0 Å². The summed E-state index contributed by atoms with van der Waals surface area (Å²) in [5.41, 5.74) is 6.54. The second-order valence-corrected chi connectivity index (χ2v) is 6.72. The summed E-state index contributed by atoms with van der Waals surface area (Å²) in [6.45, 7) is 7.15. The number of piperidine rings is 1. The fourth-order valence-corrected chi connectivity index (χ4v) is 3.27. The highest BCUT2D eigenvalue weighted by molar-refractivity contribution is 5.42. The Morgan fingerprint density at radius 2 is 2.22 bits per heavy atom. The lowest BCUT2D eigenvalue weighted by molar-refractivity contribution is 0.490. The van der Waals surface area contributed by atoms with Crippen LogP contribution in [-0.4, -0.2) is 28.3 Å². The van der Waals surface area contributed by atoms with E-state index >= 15 is 0 Å². The topological polar surface area (TPSA) is 97.1 Å². The van der Waals surface area contributed by atoms with E-state index in [-0.39, 0.29) is 18.1 Å². The molecule has 0 amide bonds. The predicted octanol–water partition coefficient (Wildman–Crippen LogP) is 1.45. The Bertz CT molecular complexity index is 914. The summed E-state index contributed by atoms with van der Waals surface area (Å²) in [4.78, 5) is 27.1. The van der Waals surface area contributed by atoms with Crippen molar-refractivity contribution >= 4 is 5.82 Å². The van der Waals surface area contributed by atoms with Crippen LogP contribution in [0.15, 0.2) is 51.6 Å². The molecule has 1 aliphatic rings. The Labute approximate surface area is 159 Å². The summed E-state index contributed by atoms with van der Waals surface area (Å²) in [6.07, 6.45) is 7.68. The summed E-state index contributed by atoms with van der Waals surface area (Å²) < 4.78 is 2.64. The monoisotopic (exact) mass is 369 g/mol. The van der Waals surface area contributed by atoms with Crippen LogP contribution in [0.3, 0.4) is 0 Å². The molecule has 2 rings (SSSR count). The van der Waals surface area contributed by atoms with Crippen molar-refractivity contribution in [1.29, 1.82) is 5.26 Å². The van der Waals surface area contributed by atoms with Crippen LogP contribution in [0.2, 0.25) is 0 Å². The summed E-state index contributed by atoms with van der Waals surface area (Å²) in [6, 6.07) is 3.63. The van der Waals surface area contributed by atoms with Gasteiger partial charge in [-0.25, -0.2) is 4.79 Å². The molecule has 7 heteroatoms. The van der Waals surface area contributed by atoms with Crippen molar-refractivity contribution in [2.75, 3.05) is 18.0 Å². The first-order valence-electron chi connectivity index (χ1n) is 9.10. The second-order valence-electron chi connectivity index (χ2n) is 6.72. The molecule has 1 aromatic rings. The molecular weight excluding hydrogens is 342 g/mol. The van der Waals surface area contributed by atoms with Gasteiger partial charge in [0.15, 0.2) is 0 Å². The van der Waals surface area contributed by atoms with Gasteiger partial charge in [-0.3, -0.25) is 13.9 Å². The second kappa shape index (κ2) is 9.19. The van der Waals surface area contributed by atoms with Crippen LogP contribution in [0.5, 0.6) is 0 Å². The molecule has 144 valence electrons. The number of nitriles is 1. The highest BCUT2D eigenvalue weighted by Gasteiger charge is 2.22. The van der Waals surface area contributed by atoms with Crippen molar-refractivity contribution in [3.8, 4) is 6.07 Å². The zero-order valence-electron chi connectivity index (χ0n) is 16.0. The quantitative estimate of drug-likeness (QED) is 0.465. The first-order valence-corrected chi connectivity index (χ1v) is 9.10. The number of hydrogen-bond donors (Lipinski definition) is 1. The molecule has 0 spiro atoms. The maximum absolute atomic E-state index is 12.9. The van der Waals surface area contributed by atoms with Gasteiger partial charge in [0.05, 0.1) is 18.2 Å². The van der Waals surface area contributed by atoms with E-state index < -0.39 is 5.69 Å². The van der Waals surface area contributed by atoms with Gasteiger partial charge in [-0.1, -0.05) is 24.8 Å². The maximum Gasteiger partial charge on any atom is 0.332 e. The molecule has 1 aliphatic heterocycles. The van der Waals surface area contributed by atoms with Gasteiger partial charge >= 0.3 is 5.69 Å². The average molecular weight is 369 g/mol. The number of rotatable bonds is 6. The van der Waals surface area contributed by atoms with Crippen LogP contribution >= 0.6 is 0 Å². The van der Waals surface area contributed by atoms with Gasteiger partial charge in [-0.15, -0.1) is 0 Å². The summed E-state index contributed by atoms with van der Waals surface area (Å²) in [5, 5.41) is 9.42. The molecule has 2 heterocycles. The van der Waals surface area contributed by atoms with E-state index in [2.05, 4.69) is 12.6 Å². The molecule has 1 saturated heterocycles. The van der Waals surface area contributed by atoms with Crippen molar-refractivity contribution < 1.29 is 0 Å². The zero-order chi connectivity index (χ0) is 20.0. The molecule has 0 saturated carbocycles. The Kier molecular flexibility index (Phi) is 6.97. The molecule has 1 fully saturated rings. The number of hydrogen-bond acceptors (Lipinski definition) is 5. The number of aromatic nitrogens is 2. The third-order valence-electron chi connectivity index (χ3n) is 4.81. The van der Waals surface area contributed by atoms with Crippen molar-refractivity contribution in [2.45, 2.75) is 38.8 Å². The molecule has 0 aromatic carbocycles. The largest absolute Gasteiger partial charge is 0.356 e. The van der Waals surface area contributed by atoms with E-state index in [1.165, 1.54) is 19.2 Å². The average Bonchev–Trinajstić information content (AvgIpc) is 2.66. The van der Waals surface area contributed by atoms with E-state index in [0.29, 0.717) is 24.4 Å². The number of nitrogens with two attached hydrogens (primary N) is 1. The normalized spacial score (nSPS) is 18.3. The predicted molar refractivity (Wildman–Crippen MR) is 108 cm³/mol. The van der Waals surface area contributed by atoms with E-state index in [1.54, 1.807) is 4.57 Å². The lowest BCUT2D eigenvalue weighted by atomic mass is 10.0. The Morgan fingerprint density at radius 3 is 2.81 bits per heavy atom. The smallest absolute Gasteiger partial charge is 0.332 e. The van der Waals surface area contributed by atoms with Gasteiger partial charge in [-0.05, 0) is 31.8 Å². The van der Waals surface area contributed by atoms with Gasteiger partial charge in [0.1, 0.15) is 5.82 Å². The molecule has 1 aromatic heterocycles. The minimum Gasteiger partial charge on any atom is -0.356 e. The van der Waals surface area contributed by atoms with E-state index in [1.807, 2.05) is 24.0 Å². The van der Waals surface area contributed by atoms with Crippen molar-refractivity contribution in [2.24, 2.45) is 12.8 Å². The lowest BCUT2D eigenvalue weighted by Crippen LogP contribution is -2.47. The van der Waals surface area contributed by atoms with E-state index in [4.69, 9.17) is 5.73 Å². The standard InChI is InChI=1S/C20H27N5O2/c1-4-6-8-16(15(5-2)12-21)13-25-18(11-19(26)23(3)20(25)27)24-10-7-9-17(22)14-24/h4-6,11,17H,2,7-10,13-14,22H2,1,3H3/b6-4-,16-15-. The van der Waals surface area contributed by atoms with E-state index in [9.17, 15) is 14.9 Å². The van der Waals surface area contributed by atoms with Gasteiger partial charge < -0.3 is 10.6 Å². The Balaban J connectivity index is 2.60. The number of anilines is 1. The lowest BCUT2D eigenvalue weighted by Gasteiger charge is -2.34. The molecule has 1 unspecified atom stereocenters. The van der Waals surface area contributed by atoms with Crippen LogP contribution in [0.1, 0.15) is 26.2 Å². The van der Waals surface area contributed by atoms with Crippen LogP contribution in [-0.2, 0) is 13.6 Å². The molecule has 7 nitrogen and oxygen atoms in total. The van der Waals surface area contributed by atoms with Gasteiger partial charge in [0.2, 0.25) is 0 Å². The first-order chi connectivity index (χ1) is 12.9.